The van der Waals surface area contributed by atoms with Crippen LogP contribution >= 0.6 is 0 Å². The summed E-state index contributed by atoms with van der Waals surface area (Å²) in [6.45, 7) is 3.26. The number of carbonyl (C=O) groups is 2. The standard InChI is InChI=1S/C20H21F4N3O2/c1-11(2)20(12-3-5-13(21)6-4-12)26-9-16(28)25-10-17(29)27-15-8-7-14(22)18(23)19(15)24/h3-8,11,20,26H,9-10H2,1-2H3,(H,25,28)(H,27,29)/t20-/m1/s1. The normalized spacial score (nSPS) is 12.0. The van der Waals surface area contributed by atoms with Crippen LogP contribution < -0.4 is 16.0 Å². The molecule has 0 aromatic heterocycles. The second-order valence-electron chi connectivity index (χ2n) is 6.70. The monoisotopic (exact) mass is 411 g/mol. The average molecular weight is 411 g/mol. The van der Waals surface area contributed by atoms with Gasteiger partial charge in [0.25, 0.3) is 0 Å². The van der Waals surface area contributed by atoms with Gasteiger partial charge < -0.3 is 16.0 Å². The number of benzene rings is 2. The second-order valence-corrected chi connectivity index (χ2v) is 6.70. The van der Waals surface area contributed by atoms with Crippen molar-refractivity contribution < 1.29 is 27.2 Å². The molecule has 0 saturated carbocycles. The SMILES string of the molecule is CC(C)[C@@H](NCC(=O)NCC(=O)Nc1ccc(F)c(F)c1F)c1ccc(F)cc1. The summed E-state index contributed by atoms with van der Waals surface area (Å²) in [6, 6.07) is 7.24. The number of halogens is 4. The van der Waals surface area contributed by atoms with Crippen molar-refractivity contribution >= 4 is 17.5 Å². The third kappa shape index (κ3) is 6.28. The van der Waals surface area contributed by atoms with Crippen LogP contribution in [0.15, 0.2) is 36.4 Å². The highest BCUT2D eigenvalue weighted by Gasteiger charge is 2.18. The van der Waals surface area contributed by atoms with Gasteiger partial charge in [-0.1, -0.05) is 26.0 Å². The highest BCUT2D eigenvalue weighted by molar-refractivity contribution is 5.94. The van der Waals surface area contributed by atoms with Gasteiger partial charge in [-0.3, -0.25) is 9.59 Å². The molecule has 0 aliphatic heterocycles. The molecule has 0 fully saturated rings. The molecule has 2 aromatic carbocycles. The first-order valence-corrected chi connectivity index (χ1v) is 8.88. The van der Waals surface area contributed by atoms with Crippen molar-refractivity contribution in [1.82, 2.24) is 10.6 Å². The highest BCUT2D eigenvalue weighted by atomic mass is 19.2. The summed E-state index contributed by atoms with van der Waals surface area (Å²) in [6.07, 6.45) is 0. The smallest absolute Gasteiger partial charge is 0.243 e. The Balaban J connectivity index is 1.85. The first-order valence-electron chi connectivity index (χ1n) is 8.88. The molecule has 0 heterocycles. The molecule has 1 atom stereocenters. The average Bonchev–Trinajstić information content (AvgIpc) is 2.68. The predicted octanol–water partition coefficient (Wildman–Crippen LogP) is 3.28. The van der Waals surface area contributed by atoms with E-state index >= 15 is 0 Å². The van der Waals surface area contributed by atoms with Gasteiger partial charge in [0.2, 0.25) is 11.8 Å². The Bertz CT molecular complexity index is 873. The molecule has 0 unspecified atom stereocenters. The van der Waals surface area contributed by atoms with Crippen LogP contribution in [0.1, 0.15) is 25.5 Å². The van der Waals surface area contributed by atoms with E-state index in [1.165, 1.54) is 12.1 Å². The minimum Gasteiger partial charge on any atom is -0.346 e. The Morgan fingerprint density at radius 2 is 1.52 bits per heavy atom. The van der Waals surface area contributed by atoms with Gasteiger partial charge in [0.1, 0.15) is 5.82 Å². The van der Waals surface area contributed by atoms with E-state index in [-0.39, 0.29) is 24.3 Å². The van der Waals surface area contributed by atoms with E-state index < -0.39 is 41.5 Å². The van der Waals surface area contributed by atoms with Crippen molar-refractivity contribution in [2.75, 3.05) is 18.4 Å². The molecule has 3 N–H and O–H groups in total. The van der Waals surface area contributed by atoms with E-state index in [4.69, 9.17) is 0 Å². The van der Waals surface area contributed by atoms with E-state index in [0.29, 0.717) is 6.07 Å². The zero-order valence-corrected chi connectivity index (χ0v) is 15.9. The lowest BCUT2D eigenvalue weighted by atomic mass is 9.96. The fourth-order valence-electron chi connectivity index (χ4n) is 2.67. The second kappa shape index (κ2) is 10.0. The van der Waals surface area contributed by atoms with Crippen LogP contribution in [0, 0.1) is 29.2 Å². The quantitative estimate of drug-likeness (QED) is 0.461. The molecule has 29 heavy (non-hydrogen) atoms. The van der Waals surface area contributed by atoms with Crippen LogP contribution in [-0.2, 0) is 9.59 Å². The first kappa shape index (κ1) is 22.4. The van der Waals surface area contributed by atoms with Crippen molar-refractivity contribution in [3.63, 3.8) is 0 Å². The number of amides is 2. The molecule has 0 radical (unpaired) electrons. The maximum atomic E-state index is 13.5. The highest BCUT2D eigenvalue weighted by Crippen LogP contribution is 2.22. The van der Waals surface area contributed by atoms with Crippen LogP contribution in [0.3, 0.4) is 0 Å². The summed E-state index contributed by atoms with van der Waals surface area (Å²) >= 11 is 0. The number of carbonyl (C=O) groups excluding carboxylic acids is 2. The molecule has 156 valence electrons. The molecule has 9 heteroatoms. The van der Waals surface area contributed by atoms with Gasteiger partial charge >= 0.3 is 0 Å². The lowest BCUT2D eigenvalue weighted by molar-refractivity contribution is -0.123. The topological polar surface area (TPSA) is 70.2 Å². The van der Waals surface area contributed by atoms with E-state index in [2.05, 4.69) is 16.0 Å². The number of hydrogen-bond acceptors (Lipinski definition) is 3. The van der Waals surface area contributed by atoms with Crippen LogP contribution in [0.25, 0.3) is 0 Å². The summed E-state index contributed by atoms with van der Waals surface area (Å²) in [4.78, 5) is 23.8. The number of hydrogen-bond donors (Lipinski definition) is 3. The Morgan fingerprint density at radius 1 is 0.862 bits per heavy atom. The fourth-order valence-corrected chi connectivity index (χ4v) is 2.67. The lowest BCUT2D eigenvalue weighted by Gasteiger charge is -2.22. The molecule has 5 nitrogen and oxygen atoms in total. The Labute approximate surface area is 165 Å². The summed E-state index contributed by atoms with van der Waals surface area (Å²) in [5.74, 6) is -6.16. The van der Waals surface area contributed by atoms with Crippen molar-refractivity contribution in [3.05, 3.63) is 65.2 Å². The van der Waals surface area contributed by atoms with Crippen molar-refractivity contribution in [1.29, 1.82) is 0 Å². The summed E-state index contributed by atoms with van der Waals surface area (Å²) in [5.41, 5.74) is 0.276. The largest absolute Gasteiger partial charge is 0.346 e. The zero-order chi connectivity index (χ0) is 21.6. The molecule has 0 spiro atoms. The van der Waals surface area contributed by atoms with E-state index in [1.54, 1.807) is 12.1 Å². The van der Waals surface area contributed by atoms with E-state index in [9.17, 15) is 27.2 Å². The third-order valence-electron chi connectivity index (χ3n) is 4.13. The fraction of sp³-hybridized carbons (Fsp3) is 0.300. The van der Waals surface area contributed by atoms with Gasteiger partial charge in [-0.05, 0) is 35.7 Å². The summed E-state index contributed by atoms with van der Waals surface area (Å²) < 4.78 is 52.7. The third-order valence-corrected chi connectivity index (χ3v) is 4.13. The van der Waals surface area contributed by atoms with E-state index in [1.807, 2.05) is 13.8 Å². The number of nitrogens with one attached hydrogen (secondary N) is 3. The lowest BCUT2D eigenvalue weighted by Crippen LogP contribution is -2.40. The van der Waals surface area contributed by atoms with Crippen molar-refractivity contribution in [2.24, 2.45) is 5.92 Å². The van der Waals surface area contributed by atoms with Gasteiger partial charge in [-0.2, -0.15) is 0 Å². The molecule has 0 bridgehead atoms. The van der Waals surface area contributed by atoms with Crippen molar-refractivity contribution in [2.45, 2.75) is 19.9 Å². The molecule has 2 rings (SSSR count). The van der Waals surface area contributed by atoms with Crippen LogP contribution in [0.2, 0.25) is 0 Å². The molecule has 0 aliphatic carbocycles. The van der Waals surface area contributed by atoms with Crippen LogP contribution in [0.4, 0.5) is 23.2 Å². The molecule has 0 aliphatic rings. The molecule has 2 amide bonds. The molecule has 2 aromatic rings. The van der Waals surface area contributed by atoms with E-state index in [0.717, 1.165) is 11.6 Å². The summed E-state index contributed by atoms with van der Waals surface area (Å²) in [5, 5.41) is 7.43. The van der Waals surface area contributed by atoms with Gasteiger partial charge in [0, 0.05) is 6.04 Å². The number of rotatable bonds is 8. The molecular formula is C20H21F4N3O2. The predicted molar refractivity (Wildman–Crippen MR) is 99.9 cm³/mol. The number of anilines is 1. The molecule has 0 saturated heterocycles. The van der Waals surface area contributed by atoms with Crippen LogP contribution in [0.5, 0.6) is 0 Å². The van der Waals surface area contributed by atoms with Crippen LogP contribution in [-0.4, -0.2) is 24.9 Å². The minimum atomic E-state index is -1.70. The van der Waals surface area contributed by atoms with Gasteiger partial charge in [0.05, 0.1) is 18.8 Å². The van der Waals surface area contributed by atoms with Crippen molar-refractivity contribution in [3.8, 4) is 0 Å². The van der Waals surface area contributed by atoms with Gasteiger partial charge in [0.15, 0.2) is 17.5 Å². The molecular weight excluding hydrogens is 390 g/mol. The van der Waals surface area contributed by atoms with Gasteiger partial charge in [-0.15, -0.1) is 0 Å². The zero-order valence-electron chi connectivity index (χ0n) is 15.9. The maximum Gasteiger partial charge on any atom is 0.243 e. The summed E-state index contributed by atoms with van der Waals surface area (Å²) in [7, 11) is 0. The Morgan fingerprint density at radius 3 is 2.14 bits per heavy atom. The van der Waals surface area contributed by atoms with Gasteiger partial charge in [-0.25, -0.2) is 17.6 Å². The minimum absolute atomic E-state index is 0.105. The Hall–Kier alpha value is -2.94. The Kier molecular flexibility index (Phi) is 7.72. The first-order chi connectivity index (χ1) is 13.7. The maximum absolute atomic E-state index is 13.5.